The molecule has 4 aromatic rings. The van der Waals surface area contributed by atoms with Crippen LogP contribution in [-0.2, 0) is 0 Å². The molecule has 30 heavy (non-hydrogen) atoms. The molecular formula is C23H25FN6. The van der Waals surface area contributed by atoms with Gasteiger partial charge in [-0.15, -0.1) is 0 Å². The van der Waals surface area contributed by atoms with E-state index in [2.05, 4.69) is 27.3 Å². The summed E-state index contributed by atoms with van der Waals surface area (Å²) in [6.45, 7) is 7.29. The number of fused-ring (bicyclic) bond motifs is 2. The van der Waals surface area contributed by atoms with E-state index in [0.717, 1.165) is 53.2 Å². The van der Waals surface area contributed by atoms with Crippen LogP contribution in [0, 0.1) is 25.1 Å². The third-order valence-electron chi connectivity index (χ3n) is 6.89. The van der Waals surface area contributed by atoms with E-state index in [1.165, 1.54) is 12.5 Å². The van der Waals surface area contributed by atoms with Gasteiger partial charge in [-0.2, -0.15) is 5.10 Å². The second-order valence-electron chi connectivity index (χ2n) is 9.43. The molecule has 1 aliphatic heterocycles. The van der Waals surface area contributed by atoms with Gasteiger partial charge < -0.3 is 9.72 Å². The molecule has 0 radical (unpaired) electrons. The minimum absolute atomic E-state index is 0.315. The number of aryl methyl sites for hydroxylation is 2. The zero-order chi connectivity index (χ0) is 20.6. The number of rotatable bonds is 2. The summed E-state index contributed by atoms with van der Waals surface area (Å²) in [6, 6.07) is 4.10. The molecule has 0 bridgehead atoms. The molecule has 7 heteroatoms. The molecule has 1 saturated heterocycles. The van der Waals surface area contributed by atoms with Crippen LogP contribution in [0.5, 0.6) is 0 Å². The molecule has 1 saturated carbocycles. The number of hydrogen-bond acceptors (Lipinski definition) is 4. The second-order valence-corrected chi connectivity index (χ2v) is 9.43. The molecule has 2 fully saturated rings. The zero-order valence-electron chi connectivity index (χ0n) is 17.5. The van der Waals surface area contributed by atoms with Crippen molar-refractivity contribution >= 4 is 11.3 Å². The van der Waals surface area contributed by atoms with E-state index in [4.69, 9.17) is 0 Å². The molecule has 0 aromatic carbocycles. The van der Waals surface area contributed by atoms with Crippen LogP contribution in [-0.4, -0.2) is 36.6 Å². The fourth-order valence-electron chi connectivity index (χ4n) is 5.49. The normalized spacial score (nSPS) is 26.1. The molecule has 0 unspecified atom stereocenters. The van der Waals surface area contributed by atoms with Gasteiger partial charge >= 0.3 is 0 Å². The molecule has 6 nitrogen and oxygen atoms in total. The molecule has 1 spiro atoms. The maximum atomic E-state index is 15.0. The Morgan fingerprint density at radius 3 is 2.67 bits per heavy atom. The van der Waals surface area contributed by atoms with E-state index < -0.39 is 0 Å². The predicted octanol–water partition coefficient (Wildman–Crippen LogP) is 4.05. The molecular weight excluding hydrogens is 379 g/mol. The summed E-state index contributed by atoms with van der Waals surface area (Å²) in [7, 11) is 0. The summed E-state index contributed by atoms with van der Waals surface area (Å²) in [5, 5.41) is 8.21. The molecule has 0 amide bonds. The Morgan fingerprint density at radius 2 is 1.90 bits per heavy atom. The van der Waals surface area contributed by atoms with E-state index in [0.29, 0.717) is 23.0 Å². The third kappa shape index (κ3) is 2.68. The maximum Gasteiger partial charge on any atom is 0.173 e. The Morgan fingerprint density at radius 1 is 1.07 bits per heavy atom. The first-order valence-electron chi connectivity index (χ1n) is 10.6. The van der Waals surface area contributed by atoms with Crippen LogP contribution in [0.3, 0.4) is 0 Å². The van der Waals surface area contributed by atoms with Crippen molar-refractivity contribution in [1.29, 1.82) is 0 Å². The highest BCUT2D eigenvalue weighted by Crippen LogP contribution is 2.55. The summed E-state index contributed by atoms with van der Waals surface area (Å²) in [5.41, 5.74) is 6.03. The van der Waals surface area contributed by atoms with Gasteiger partial charge in [0, 0.05) is 36.5 Å². The van der Waals surface area contributed by atoms with Crippen LogP contribution >= 0.6 is 0 Å². The van der Waals surface area contributed by atoms with Crippen molar-refractivity contribution in [1.82, 2.24) is 29.3 Å². The molecule has 4 aromatic heterocycles. The highest BCUT2D eigenvalue weighted by atomic mass is 19.1. The van der Waals surface area contributed by atoms with Gasteiger partial charge in [-0.05, 0) is 63.1 Å². The number of nitrogens with zero attached hydrogens (tertiary/aromatic N) is 5. The first kappa shape index (κ1) is 18.0. The lowest BCUT2D eigenvalue weighted by atomic mass is 9.60. The van der Waals surface area contributed by atoms with E-state index in [9.17, 15) is 4.39 Å². The minimum atomic E-state index is -0.315. The van der Waals surface area contributed by atoms with Crippen molar-refractivity contribution in [2.45, 2.75) is 52.0 Å². The Labute approximate surface area is 174 Å². The van der Waals surface area contributed by atoms with Gasteiger partial charge in [0.05, 0.1) is 23.3 Å². The first-order valence-corrected chi connectivity index (χ1v) is 10.6. The van der Waals surface area contributed by atoms with Gasteiger partial charge in [0.1, 0.15) is 0 Å². The van der Waals surface area contributed by atoms with Gasteiger partial charge in [-0.1, -0.05) is 0 Å². The van der Waals surface area contributed by atoms with Crippen molar-refractivity contribution in [3.63, 3.8) is 0 Å². The molecule has 154 valence electrons. The van der Waals surface area contributed by atoms with Crippen LogP contribution in [0.4, 0.5) is 4.39 Å². The summed E-state index contributed by atoms with van der Waals surface area (Å²) in [4.78, 5) is 9.14. The van der Waals surface area contributed by atoms with Gasteiger partial charge in [0.25, 0.3) is 0 Å². The number of nitrogens with one attached hydrogen (secondary N) is 1. The fraction of sp³-hybridized carbons (Fsp3) is 0.435. The van der Waals surface area contributed by atoms with E-state index >= 15 is 0 Å². The zero-order valence-corrected chi connectivity index (χ0v) is 17.5. The highest BCUT2D eigenvalue weighted by molar-refractivity contribution is 5.64. The molecule has 2 aliphatic rings. The number of pyridine rings is 1. The quantitative estimate of drug-likeness (QED) is 0.548. The average Bonchev–Trinajstić information content (AvgIpc) is 3.36. The molecule has 5 heterocycles. The second kappa shape index (κ2) is 6.11. The van der Waals surface area contributed by atoms with Crippen molar-refractivity contribution in [3.05, 3.63) is 53.5 Å². The maximum absolute atomic E-state index is 15.0. The van der Waals surface area contributed by atoms with Crippen LogP contribution in [0.1, 0.15) is 49.1 Å². The van der Waals surface area contributed by atoms with Crippen molar-refractivity contribution < 1.29 is 4.39 Å². The molecule has 1 atom stereocenters. The Kier molecular flexibility index (Phi) is 3.67. The lowest BCUT2D eigenvalue weighted by molar-refractivity contribution is 0.122. The predicted molar refractivity (Wildman–Crippen MR) is 113 cm³/mol. The average molecular weight is 404 g/mol. The summed E-state index contributed by atoms with van der Waals surface area (Å²) in [5.74, 6) is 0.107. The molecule has 1 N–H and O–H groups in total. The van der Waals surface area contributed by atoms with Gasteiger partial charge in [0.2, 0.25) is 0 Å². The van der Waals surface area contributed by atoms with Crippen molar-refractivity contribution in [2.24, 2.45) is 5.41 Å². The van der Waals surface area contributed by atoms with Crippen molar-refractivity contribution in [2.75, 3.05) is 6.54 Å². The highest BCUT2D eigenvalue weighted by Gasteiger charge is 2.48. The smallest absolute Gasteiger partial charge is 0.173 e. The van der Waals surface area contributed by atoms with Gasteiger partial charge in [-0.3, -0.25) is 0 Å². The van der Waals surface area contributed by atoms with Gasteiger partial charge in [-0.25, -0.2) is 18.9 Å². The van der Waals surface area contributed by atoms with E-state index in [1.807, 2.05) is 42.9 Å². The first-order chi connectivity index (χ1) is 14.4. The largest absolute Gasteiger partial charge is 0.314 e. The monoisotopic (exact) mass is 404 g/mol. The van der Waals surface area contributed by atoms with E-state index in [1.54, 1.807) is 4.52 Å². The third-order valence-corrected chi connectivity index (χ3v) is 6.89. The summed E-state index contributed by atoms with van der Waals surface area (Å²) < 4.78 is 18.5. The number of halogens is 1. The molecule has 6 rings (SSSR count). The number of hydrogen-bond donors (Lipinski definition) is 1. The molecule has 1 aliphatic carbocycles. The summed E-state index contributed by atoms with van der Waals surface area (Å²) >= 11 is 0. The Hall–Kier alpha value is -2.80. The van der Waals surface area contributed by atoms with Crippen LogP contribution < -0.4 is 5.32 Å². The topological polar surface area (TPSA) is 59.5 Å². The van der Waals surface area contributed by atoms with E-state index in [-0.39, 0.29) is 5.82 Å². The summed E-state index contributed by atoms with van der Waals surface area (Å²) in [6.07, 6.45) is 9.33. The number of aromatic nitrogens is 5. The minimum Gasteiger partial charge on any atom is -0.314 e. The lowest BCUT2D eigenvalue weighted by Gasteiger charge is -2.44. The fourth-order valence-corrected chi connectivity index (χ4v) is 5.49. The van der Waals surface area contributed by atoms with Crippen molar-refractivity contribution in [3.8, 4) is 11.3 Å². The van der Waals surface area contributed by atoms with Crippen LogP contribution in [0.2, 0.25) is 0 Å². The SMILES string of the molecule is Cc1cn2nc(-c3cc(F)c4nc(C5CC6(CN[C@@H](C)C6)C5)cn4c3)cc(C)c2n1. The Bertz CT molecular complexity index is 1300. The lowest BCUT2D eigenvalue weighted by Crippen LogP contribution is -2.37. The van der Waals surface area contributed by atoms with Crippen LogP contribution in [0.25, 0.3) is 22.6 Å². The standard InChI is InChI=1S/C23H25FN6/c1-13-4-19(28-30-9-15(3)26-21(13)30)16-5-18(24)22-27-20(11-29(22)10-16)17-7-23(8-17)6-14(2)25-12-23/h4-5,9-11,14,17,25H,6-8,12H2,1-3H3/t14-,17?,23?/m0/s1. The number of imidazole rings is 2. The van der Waals surface area contributed by atoms with Crippen LogP contribution in [0.15, 0.2) is 30.7 Å². The van der Waals surface area contributed by atoms with Gasteiger partial charge in [0.15, 0.2) is 17.1 Å². The Balaban J connectivity index is 1.35.